The molecule has 0 saturated carbocycles. The first kappa shape index (κ1) is 11.9. The van der Waals surface area contributed by atoms with Gasteiger partial charge in [0.1, 0.15) is 0 Å². The maximum atomic E-state index is 11.6. The van der Waals surface area contributed by atoms with Crippen LogP contribution in [0.2, 0.25) is 0 Å². The van der Waals surface area contributed by atoms with Crippen LogP contribution in [-0.2, 0) is 4.79 Å². The van der Waals surface area contributed by atoms with Crippen molar-refractivity contribution in [2.45, 2.75) is 37.5 Å². The van der Waals surface area contributed by atoms with Gasteiger partial charge in [-0.3, -0.25) is 4.79 Å². The molecule has 0 spiro atoms. The van der Waals surface area contributed by atoms with Crippen LogP contribution in [0.3, 0.4) is 0 Å². The fourth-order valence-corrected chi connectivity index (χ4v) is 1.78. The van der Waals surface area contributed by atoms with Crippen molar-refractivity contribution >= 4 is 17.7 Å². The Kier molecular flexibility index (Phi) is 5.33. The van der Waals surface area contributed by atoms with Gasteiger partial charge in [0.25, 0.3) is 0 Å². The molecule has 0 radical (unpaired) electrons. The van der Waals surface area contributed by atoms with Gasteiger partial charge in [0, 0.05) is 11.8 Å². The molecule has 1 fully saturated rings. The van der Waals surface area contributed by atoms with Crippen LogP contribution in [0.15, 0.2) is 0 Å². The van der Waals surface area contributed by atoms with Gasteiger partial charge in [-0.2, -0.15) is 11.8 Å². The minimum absolute atomic E-state index is 0.0535. The number of piperidine rings is 1. The molecule has 1 heterocycles. The summed E-state index contributed by atoms with van der Waals surface area (Å²) in [5, 5.41) is 6.72. The molecular formula is C10H20N2OS. The van der Waals surface area contributed by atoms with E-state index in [-0.39, 0.29) is 11.9 Å². The lowest BCUT2D eigenvalue weighted by Gasteiger charge is -2.23. The monoisotopic (exact) mass is 216 g/mol. The molecule has 1 saturated heterocycles. The van der Waals surface area contributed by atoms with Crippen LogP contribution in [-0.4, -0.2) is 36.5 Å². The number of nitrogens with one attached hydrogen (secondary N) is 2. The Morgan fingerprint density at radius 2 is 2.43 bits per heavy atom. The highest BCUT2D eigenvalue weighted by molar-refractivity contribution is 7.99. The Bertz CT molecular complexity index is 181. The van der Waals surface area contributed by atoms with Crippen LogP contribution in [0, 0.1) is 0 Å². The lowest BCUT2D eigenvalue weighted by molar-refractivity contribution is -0.123. The van der Waals surface area contributed by atoms with E-state index in [0.717, 1.165) is 19.5 Å². The summed E-state index contributed by atoms with van der Waals surface area (Å²) in [7, 11) is 0. The van der Waals surface area contributed by atoms with Gasteiger partial charge in [-0.25, -0.2) is 0 Å². The number of hydrogen-bond acceptors (Lipinski definition) is 3. The Morgan fingerprint density at radius 1 is 1.64 bits per heavy atom. The summed E-state index contributed by atoms with van der Waals surface area (Å²) in [6.45, 7) is 3.88. The second-order valence-corrected chi connectivity index (χ2v) is 5.07. The van der Waals surface area contributed by atoms with Gasteiger partial charge in [-0.1, -0.05) is 13.3 Å². The fourth-order valence-electron chi connectivity index (χ4n) is 1.53. The largest absolute Gasteiger partial charge is 0.354 e. The number of carbonyl (C=O) groups excluding carboxylic acids is 1. The van der Waals surface area contributed by atoms with Gasteiger partial charge in [0.05, 0.1) is 6.04 Å². The summed E-state index contributed by atoms with van der Waals surface area (Å²) in [4.78, 5) is 11.6. The predicted molar refractivity (Wildman–Crippen MR) is 61.6 cm³/mol. The zero-order valence-electron chi connectivity index (χ0n) is 9.01. The van der Waals surface area contributed by atoms with Crippen molar-refractivity contribution in [3.8, 4) is 0 Å². The van der Waals surface area contributed by atoms with Gasteiger partial charge in [-0.15, -0.1) is 0 Å². The zero-order valence-corrected chi connectivity index (χ0v) is 9.82. The summed E-state index contributed by atoms with van der Waals surface area (Å²) in [6, 6.07) is 0.0535. The first-order chi connectivity index (χ1) is 6.74. The fraction of sp³-hybridized carbons (Fsp3) is 0.900. The third-order valence-corrected chi connectivity index (χ3v) is 3.56. The lowest BCUT2D eigenvalue weighted by atomic mass is 10.0. The molecule has 1 amide bonds. The highest BCUT2D eigenvalue weighted by Gasteiger charge is 2.20. The third kappa shape index (κ3) is 3.88. The van der Waals surface area contributed by atoms with Crippen LogP contribution >= 0.6 is 11.8 Å². The van der Waals surface area contributed by atoms with Crippen molar-refractivity contribution in [3.05, 3.63) is 0 Å². The first-order valence-corrected chi connectivity index (χ1v) is 6.56. The molecule has 1 aliphatic heterocycles. The maximum Gasteiger partial charge on any atom is 0.237 e. The van der Waals surface area contributed by atoms with E-state index >= 15 is 0 Å². The molecule has 4 heteroatoms. The normalized spacial score (nSPS) is 24.3. The Labute approximate surface area is 90.4 Å². The van der Waals surface area contributed by atoms with Crippen molar-refractivity contribution in [3.63, 3.8) is 0 Å². The average molecular weight is 216 g/mol. The van der Waals surface area contributed by atoms with Crippen molar-refractivity contribution in [1.82, 2.24) is 10.6 Å². The second-order valence-electron chi connectivity index (χ2n) is 3.79. The van der Waals surface area contributed by atoms with E-state index in [4.69, 9.17) is 0 Å². The van der Waals surface area contributed by atoms with E-state index in [1.54, 1.807) is 11.8 Å². The van der Waals surface area contributed by atoms with E-state index in [1.807, 2.05) is 0 Å². The Morgan fingerprint density at radius 3 is 3.00 bits per heavy atom. The molecule has 0 unspecified atom stereocenters. The number of carbonyl (C=O) groups is 1. The van der Waals surface area contributed by atoms with Crippen LogP contribution in [0.1, 0.15) is 26.2 Å². The minimum Gasteiger partial charge on any atom is -0.354 e. The van der Waals surface area contributed by atoms with Crippen LogP contribution in [0.4, 0.5) is 0 Å². The number of rotatable bonds is 4. The Balaban J connectivity index is 2.19. The minimum atomic E-state index is 0.0535. The zero-order chi connectivity index (χ0) is 10.4. The van der Waals surface area contributed by atoms with Gasteiger partial charge in [0.15, 0.2) is 0 Å². The number of thioether (sulfide) groups is 1. The van der Waals surface area contributed by atoms with Gasteiger partial charge in [-0.05, 0) is 25.6 Å². The topological polar surface area (TPSA) is 41.1 Å². The summed E-state index contributed by atoms with van der Waals surface area (Å²) in [6.07, 6.45) is 5.42. The SMILES string of the molecule is CS[C@@H](C)CNC(=O)[C@H]1CCCCN1. The first-order valence-electron chi connectivity index (χ1n) is 5.28. The molecule has 0 bridgehead atoms. The van der Waals surface area contributed by atoms with Gasteiger partial charge >= 0.3 is 0 Å². The van der Waals surface area contributed by atoms with Crippen LogP contribution in [0.25, 0.3) is 0 Å². The lowest BCUT2D eigenvalue weighted by Crippen LogP contribution is -2.47. The van der Waals surface area contributed by atoms with E-state index in [9.17, 15) is 4.79 Å². The molecule has 2 atom stereocenters. The highest BCUT2D eigenvalue weighted by Crippen LogP contribution is 2.07. The van der Waals surface area contributed by atoms with E-state index < -0.39 is 0 Å². The molecule has 0 aromatic carbocycles. The van der Waals surface area contributed by atoms with Crippen molar-refractivity contribution < 1.29 is 4.79 Å². The van der Waals surface area contributed by atoms with Crippen LogP contribution < -0.4 is 10.6 Å². The van der Waals surface area contributed by atoms with Crippen LogP contribution in [0.5, 0.6) is 0 Å². The van der Waals surface area contributed by atoms with E-state index in [1.165, 1.54) is 12.8 Å². The second kappa shape index (κ2) is 6.30. The standard InChI is InChI=1S/C10H20N2OS/c1-8(14-2)7-12-10(13)9-5-3-4-6-11-9/h8-9,11H,3-7H2,1-2H3,(H,12,13)/t8-,9+/m0/s1. The summed E-state index contributed by atoms with van der Waals surface area (Å²) in [5.74, 6) is 0.172. The van der Waals surface area contributed by atoms with Gasteiger partial charge < -0.3 is 10.6 Å². The summed E-state index contributed by atoms with van der Waals surface area (Å²) >= 11 is 1.78. The number of hydrogen-bond donors (Lipinski definition) is 2. The molecule has 0 aromatic rings. The van der Waals surface area contributed by atoms with Crippen molar-refractivity contribution in [2.75, 3.05) is 19.3 Å². The molecule has 0 aliphatic carbocycles. The van der Waals surface area contributed by atoms with E-state index in [2.05, 4.69) is 23.8 Å². The highest BCUT2D eigenvalue weighted by atomic mass is 32.2. The summed E-state index contributed by atoms with van der Waals surface area (Å²) < 4.78 is 0. The number of amides is 1. The van der Waals surface area contributed by atoms with E-state index in [0.29, 0.717) is 5.25 Å². The molecule has 1 aliphatic rings. The average Bonchev–Trinajstić information content (AvgIpc) is 2.26. The summed E-state index contributed by atoms with van der Waals surface area (Å²) in [5.41, 5.74) is 0. The molecule has 0 aromatic heterocycles. The Hall–Kier alpha value is -0.220. The van der Waals surface area contributed by atoms with Gasteiger partial charge in [0.2, 0.25) is 5.91 Å². The molecule has 1 rings (SSSR count). The molecule has 3 nitrogen and oxygen atoms in total. The smallest absolute Gasteiger partial charge is 0.237 e. The third-order valence-electron chi connectivity index (χ3n) is 2.59. The van der Waals surface area contributed by atoms with Crippen molar-refractivity contribution in [2.24, 2.45) is 0 Å². The van der Waals surface area contributed by atoms with Crippen molar-refractivity contribution in [1.29, 1.82) is 0 Å². The quantitative estimate of drug-likeness (QED) is 0.736. The molecular weight excluding hydrogens is 196 g/mol. The maximum absolute atomic E-state index is 11.6. The molecule has 82 valence electrons. The predicted octanol–water partition coefficient (Wildman–Crippen LogP) is 0.996. The molecule has 14 heavy (non-hydrogen) atoms. The molecule has 2 N–H and O–H groups in total.